The lowest BCUT2D eigenvalue weighted by Crippen LogP contribution is -2.35. The van der Waals surface area contributed by atoms with Gasteiger partial charge >= 0.3 is 0 Å². The molecular weight excluding hydrogens is 200 g/mol. The highest BCUT2D eigenvalue weighted by Crippen LogP contribution is 2.23. The molecule has 0 saturated carbocycles. The van der Waals surface area contributed by atoms with E-state index in [0.29, 0.717) is 6.10 Å². The number of likely N-dealkylation sites (N-methyl/N-ethyl adjacent to an activating group) is 1. The highest BCUT2D eigenvalue weighted by Gasteiger charge is 2.27. The van der Waals surface area contributed by atoms with Gasteiger partial charge in [-0.15, -0.1) is 0 Å². The van der Waals surface area contributed by atoms with Crippen molar-refractivity contribution >= 4 is 0 Å². The maximum atomic E-state index is 5.72. The second-order valence-corrected chi connectivity index (χ2v) is 4.88. The summed E-state index contributed by atoms with van der Waals surface area (Å²) < 4.78 is 5.72. The van der Waals surface area contributed by atoms with E-state index in [9.17, 15) is 0 Å². The largest absolute Gasteiger partial charge is 0.378 e. The molecule has 3 heteroatoms. The molecule has 0 aromatic rings. The first kappa shape index (κ1) is 13.9. The van der Waals surface area contributed by atoms with E-state index in [0.717, 1.165) is 38.6 Å². The number of hydrogen-bond donors (Lipinski definition) is 1. The lowest BCUT2D eigenvalue weighted by molar-refractivity contribution is 0.0785. The van der Waals surface area contributed by atoms with Gasteiger partial charge in [0, 0.05) is 26.2 Å². The Morgan fingerprint density at radius 1 is 1.31 bits per heavy atom. The van der Waals surface area contributed by atoms with Crippen molar-refractivity contribution in [3.63, 3.8) is 0 Å². The molecular formula is C13H28N2O. The molecule has 1 heterocycles. The molecule has 1 saturated heterocycles. The van der Waals surface area contributed by atoms with Crippen molar-refractivity contribution in [3.8, 4) is 0 Å². The Labute approximate surface area is 101 Å². The molecule has 3 nitrogen and oxygen atoms in total. The minimum atomic E-state index is 0.506. The van der Waals surface area contributed by atoms with Gasteiger partial charge in [-0.2, -0.15) is 0 Å². The Hall–Kier alpha value is -0.120. The van der Waals surface area contributed by atoms with Crippen molar-refractivity contribution < 1.29 is 4.74 Å². The molecule has 0 aromatic heterocycles. The van der Waals surface area contributed by atoms with Crippen molar-refractivity contribution in [3.05, 3.63) is 0 Å². The SMILES string of the molecule is CCCNCCN(C)CC1CCOC1CC. The molecule has 2 atom stereocenters. The second kappa shape index (κ2) is 8.04. The zero-order valence-corrected chi connectivity index (χ0v) is 11.2. The van der Waals surface area contributed by atoms with E-state index in [-0.39, 0.29) is 0 Å². The zero-order valence-electron chi connectivity index (χ0n) is 11.2. The van der Waals surface area contributed by atoms with Crippen molar-refractivity contribution in [2.45, 2.75) is 39.2 Å². The fraction of sp³-hybridized carbons (Fsp3) is 1.00. The first-order chi connectivity index (χ1) is 7.77. The molecule has 16 heavy (non-hydrogen) atoms. The van der Waals surface area contributed by atoms with Crippen LogP contribution in [-0.4, -0.2) is 50.8 Å². The minimum absolute atomic E-state index is 0.506. The maximum Gasteiger partial charge on any atom is 0.0613 e. The summed E-state index contributed by atoms with van der Waals surface area (Å²) in [6.45, 7) is 9.97. The summed E-state index contributed by atoms with van der Waals surface area (Å²) in [6.07, 6.45) is 4.13. The average Bonchev–Trinajstić information content (AvgIpc) is 2.71. The Bertz CT molecular complexity index is 175. The summed E-state index contributed by atoms with van der Waals surface area (Å²) in [4.78, 5) is 2.44. The van der Waals surface area contributed by atoms with E-state index >= 15 is 0 Å². The van der Waals surface area contributed by atoms with Crippen LogP contribution in [0.25, 0.3) is 0 Å². The normalized spacial score (nSPS) is 25.5. The summed E-state index contributed by atoms with van der Waals surface area (Å²) in [6, 6.07) is 0. The molecule has 1 aliphatic heterocycles. The summed E-state index contributed by atoms with van der Waals surface area (Å²) in [5.41, 5.74) is 0. The molecule has 2 unspecified atom stereocenters. The third-order valence-electron chi connectivity index (χ3n) is 3.39. The molecule has 1 rings (SSSR count). The maximum absolute atomic E-state index is 5.72. The van der Waals surface area contributed by atoms with Crippen LogP contribution in [0, 0.1) is 5.92 Å². The fourth-order valence-electron chi connectivity index (χ4n) is 2.42. The van der Waals surface area contributed by atoms with Gasteiger partial charge in [0.1, 0.15) is 0 Å². The van der Waals surface area contributed by atoms with Crippen LogP contribution < -0.4 is 5.32 Å². The van der Waals surface area contributed by atoms with Crippen LogP contribution in [0.15, 0.2) is 0 Å². The van der Waals surface area contributed by atoms with Crippen LogP contribution >= 0.6 is 0 Å². The lowest BCUT2D eigenvalue weighted by atomic mass is 9.99. The molecule has 0 aliphatic carbocycles. The van der Waals surface area contributed by atoms with Gasteiger partial charge in [0.15, 0.2) is 0 Å². The number of ether oxygens (including phenoxy) is 1. The number of nitrogens with one attached hydrogen (secondary N) is 1. The Balaban J connectivity index is 2.10. The van der Waals surface area contributed by atoms with Crippen LogP contribution in [0.5, 0.6) is 0 Å². The molecule has 0 amide bonds. The van der Waals surface area contributed by atoms with E-state index in [4.69, 9.17) is 4.74 Å². The molecule has 0 radical (unpaired) electrons. The van der Waals surface area contributed by atoms with E-state index in [1.54, 1.807) is 0 Å². The quantitative estimate of drug-likeness (QED) is 0.640. The van der Waals surface area contributed by atoms with Gasteiger partial charge in [-0.25, -0.2) is 0 Å². The van der Waals surface area contributed by atoms with Gasteiger partial charge in [0.2, 0.25) is 0 Å². The van der Waals surface area contributed by atoms with Gasteiger partial charge in [0.25, 0.3) is 0 Å². The molecule has 1 N–H and O–H groups in total. The van der Waals surface area contributed by atoms with Crippen LogP contribution in [0.3, 0.4) is 0 Å². The first-order valence-electron chi connectivity index (χ1n) is 6.78. The summed E-state index contributed by atoms with van der Waals surface area (Å²) >= 11 is 0. The van der Waals surface area contributed by atoms with E-state index < -0.39 is 0 Å². The van der Waals surface area contributed by atoms with Crippen LogP contribution in [-0.2, 0) is 4.74 Å². The number of nitrogens with zero attached hydrogens (tertiary/aromatic N) is 1. The highest BCUT2D eigenvalue weighted by molar-refractivity contribution is 4.77. The summed E-state index contributed by atoms with van der Waals surface area (Å²) in [5.74, 6) is 0.751. The number of hydrogen-bond acceptors (Lipinski definition) is 3. The zero-order chi connectivity index (χ0) is 11.8. The molecule has 1 aliphatic rings. The first-order valence-corrected chi connectivity index (χ1v) is 6.78. The Kier molecular flexibility index (Phi) is 7.01. The van der Waals surface area contributed by atoms with Crippen LogP contribution in [0.4, 0.5) is 0 Å². The Morgan fingerprint density at radius 2 is 2.12 bits per heavy atom. The standard InChI is InChI=1S/C13H28N2O/c1-4-7-14-8-9-15(3)11-12-6-10-16-13(12)5-2/h12-14H,4-11H2,1-3H3. The average molecular weight is 228 g/mol. The van der Waals surface area contributed by atoms with Gasteiger partial charge in [-0.1, -0.05) is 13.8 Å². The van der Waals surface area contributed by atoms with Crippen LogP contribution in [0.2, 0.25) is 0 Å². The highest BCUT2D eigenvalue weighted by atomic mass is 16.5. The van der Waals surface area contributed by atoms with Gasteiger partial charge < -0.3 is 15.0 Å². The van der Waals surface area contributed by atoms with Crippen molar-refractivity contribution in [2.75, 3.05) is 39.8 Å². The molecule has 0 aromatic carbocycles. The van der Waals surface area contributed by atoms with Crippen molar-refractivity contribution in [1.82, 2.24) is 10.2 Å². The molecule has 0 spiro atoms. The second-order valence-electron chi connectivity index (χ2n) is 4.88. The lowest BCUT2D eigenvalue weighted by Gasteiger charge is -2.24. The number of rotatable bonds is 8. The van der Waals surface area contributed by atoms with Gasteiger partial charge in [-0.05, 0) is 38.8 Å². The molecule has 96 valence electrons. The minimum Gasteiger partial charge on any atom is -0.378 e. The molecule has 0 bridgehead atoms. The smallest absolute Gasteiger partial charge is 0.0613 e. The third-order valence-corrected chi connectivity index (χ3v) is 3.39. The van der Waals surface area contributed by atoms with E-state index in [2.05, 4.69) is 31.1 Å². The van der Waals surface area contributed by atoms with Crippen molar-refractivity contribution in [2.24, 2.45) is 5.92 Å². The van der Waals surface area contributed by atoms with Crippen molar-refractivity contribution in [1.29, 1.82) is 0 Å². The summed E-state index contributed by atoms with van der Waals surface area (Å²) in [7, 11) is 2.22. The summed E-state index contributed by atoms with van der Waals surface area (Å²) in [5, 5.41) is 3.44. The predicted molar refractivity (Wildman–Crippen MR) is 68.8 cm³/mol. The van der Waals surface area contributed by atoms with Gasteiger partial charge in [0.05, 0.1) is 6.10 Å². The van der Waals surface area contributed by atoms with E-state index in [1.807, 2.05) is 0 Å². The molecule has 1 fully saturated rings. The monoisotopic (exact) mass is 228 g/mol. The fourth-order valence-corrected chi connectivity index (χ4v) is 2.42. The Morgan fingerprint density at radius 3 is 2.81 bits per heavy atom. The van der Waals surface area contributed by atoms with Gasteiger partial charge in [-0.3, -0.25) is 0 Å². The van der Waals surface area contributed by atoms with Crippen LogP contribution in [0.1, 0.15) is 33.1 Å². The van der Waals surface area contributed by atoms with E-state index in [1.165, 1.54) is 19.4 Å². The topological polar surface area (TPSA) is 24.5 Å². The third kappa shape index (κ3) is 4.81. The predicted octanol–water partition coefficient (Wildman–Crippen LogP) is 1.73.